The van der Waals surface area contributed by atoms with E-state index in [1.165, 1.54) is 0 Å². The molecule has 21 heavy (non-hydrogen) atoms. The molecule has 1 aromatic rings. The second-order valence-corrected chi connectivity index (χ2v) is 5.25. The molecule has 0 saturated heterocycles. The Morgan fingerprint density at radius 2 is 1.90 bits per heavy atom. The molecule has 2 atom stereocenters. The molecular weight excluding hydrogens is 270 g/mol. The molecule has 118 valence electrons. The van der Waals surface area contributed by atoms with Crippen LogP contribution in [0.15, 0.2) is 0 Å². The number of rotatable bonds is 7. The molecule has 2 unspecified atom stereocenters. The number of aliphatic hydroxyl groups excluding tert-OH is 1. The van der Waals surface area contributed by atoms with E-state index in [1.54, 1.807) is 0 Å². The Labute approximate surface area is 125 Å². The van der Waals surface area contributed by atoms with E-state index in [-0.39, 0.29) is 12.1 Å². The topological polar surface area (TPSA) is 92.2 Å². The third-order valence-electron chi connectivity index (χ3n) is 3.43. The van der Waals surface area contributed by atoms with Crippen LogP contribution >= 0.6 is 0 Å². The lowest BCUT2D eigenvalue weighted by Gasteiger charge is -2.28. The van der Waals surface area contributed by atoms with Gasteiger partial charge in [-0.2, -0.15) is 15.0 Å². The number of nitrogens with zero attached hydrogens (tertiary/aromatic N) is 3. The van der Waals surface area contributed by atoms with Gasteiger partial charge in [0.25, 0.3) is 0 Å². The average molecular weight is 295 g/mol. The van der Waals surface area contributed by atoms with Crippen LogP contribution in [-0.4, -0.2) is 45.4 Å². The molecule has 0 amide bonds. The molecule has 0 aromatic carbocycles. The van der Waals surface area contributed by atoms with E-state index in [0.717, 1.165) is 38.6 Å². The first-order valence-corrected chi connectivity index (χ1v) is 7.80. The zero-order valence-electron chi connectivity index (χ0n) is 12.8. The molecule has 2 rings (SSSR count). The van der Waals surface area contributed by atoms with Gasteiger partial charge in [0.15, 0.2) is 0 Å². The van der Waals surface area contributed by atoms with Crippen molar-refractivity contribution >= 4 is 11.9 Å². The summed E-state index contributed by atoms with van der Waals surface area (Å²) in [7, 11) is 0. The number of nitrogens with one attached hydrogen (secondary N) is 2. The quantitative estimate of drug-likeness (QED) is 0.706. The maximum absolute atomic E-state index is 10.0. The van der Waals surface area contributed by atoms with Crippen molar-refractivity contribution in [2.75, 3.05) is 23.8 Å². The monoisotopic (exact) mass is 295 g/mol. The lowest BCUT2D eigenvalue weighted by atomic mass is 9.93. The number of anilines is 2. The molecule has 1 heterocycles. The van der Waals surface area contributed by atoms with E-state index < -0.39 is 0 Å². The Kier molecular flexibility index (Phi) is 5.98. The van der Waals surface area contributed by atoms with Crippen LogP contribution in [0.2, 0.25) is 0 Å². The lowest BCUT2D eigenvalue weighted by molar-refractivity contribution is 0.116. The van der Waals surface area contributed by atoms with E-state index in [2.05, 4.69) is 25.6 Å². The maximum atomic E-state index is 10.0. The van der Waals surface area contributed by atoms with Gasteiger partial charge in [0, 0.05) is 6.54 Å². The fraction of sp³-hybridized carbons (Fsp3) is 0.786. The Hall–Kier alpha value is -1.63. The third kappa shape index (κ3) is 4.70. The predicted octanol–water partition coefficient (Wildman–Crippen LogP) is 1.81. The van der Waals surface area contributed by atoms with Gasteiger partial charge in [-0.3, -0.25) is 0 Å². The Bertz CT molecular complexity index is 443. The van der Waals surface area contributed by atoms with Crippen molar-refractivity contribution in [2.45, 2.75) is 58.1 Å². The molecule has 1 aliphatic carbocycles. The summed E-state index contributed by atoms with van der Waals surface area (Å²) < 4.78 is 5.49. The zero-order valence-corrected chi connectivity index (χ0v) is 12.8. The van der Waals surface area contributed by atoms with Gasteiger partial charge in [-0.1, -0.05) is 19.8 Å². The van der Waals surface area contributed by atoms with Gasteiger partial charge in [-0.15, -0.1) is 0 Å². The van der Waals surface area contributed by atoms with Gasteiger partial charge in [-0.25, -0.2) is 0 Å². The van der Waals surface area contributed by atoms with Crippen molar-refractivity contribution in [1.82, 2.24) is 15.0 Å². The van der Waals surface area contributed by atoms with Crippen molar-refractivity contribution in [3.63, 3.8) is 0 Å². The van der Waals surface area contributed by atoms with Gasteiger partial charge in [-0.05, 0) is 26.2 Å². The van der Waals surface area contributed by atoms with E-state index in [9.17, 15) is 5.11 Å². The highest BCUT2D eigenvalue weighted by molar-refractivity contribution is 5.36. The molecule has 0 radical (unpaired) electrons. The summed E-state index contributed by atoms with van der Waals surface area (Å²) in [5.74, 6) is 0.949. The molecule has 7 heteroatoms. The van der Waals surface area contributed by atoms with E-state index in [0.29, 0.717) is 24.5 Å². The fourth-order valence-electron chi connectivity index (χ4n) is 2.36. The SMILES string of the molecule is CCCOc1nc(NCC)nc(NC2CCCCC2O)n1. The zero-order chi connectivity index (χ0) is 15.1. The Morgan fingerprint density at radius 3 is 2.62 bits per heavy atom. The van der Waals surface area contributed by atoms with Crippen molar-refractivity contribution in [2.24, 2.45) is 0 Å². The summed E-state index contributed by atoms with van der Waals surface area (Å²) in [6, 6.07) is 0.310. The minimum atomic E-state index is -0.349. The molecule has 1 aliphatic rings. The smallest absolute Gasteiger partial charge is 0.323 e. The van der Waals surface area contributed by atoms with E-state index in [4.69, 9.17) is 4.74 Å². The summed E-state index contributed by atoms with van der Waals surface area (Å²) >= 11 is 0. The van der Waals surface area contributed by atoms with Crippen molar-refractivity contribution < 1.29 is 9.84 Å². The summed E-state index contributed by atoms with van der Waals surface area (Å²) in [5.41, 5.74) is 0. The number of aromatic nitrogens is 3. The first-order valence-electron chi connectivity index (χ1n) is 7.80. The number of aliphatic hydroxyl groups is 1. The summed E-state index contributed by atoms with van der Waals surface area (Å²) in [6.45, 7) is 5.31. The van der Waals surface area contributed by atoms with Crippen LogP contribution in [0.4, 0.5) is 11.9 Å². The largest absolute Gasteiger partial charge is 0.463 e. The van der Waals surface area contributed by atoms with Crippen LogP contribution in [-0.2, 0) is 0 Å². The average Bonchev–Trinajstić information content (AvgIpc) is 2.48. The molecule has 3 N–H and O–H groups in total. The third-order valence-corrected chi connectivity index (χ3v) is 3.43. The molecular formula is C14H25N5O2. The Balaban J connectivity index is 2.10. The highest BCUT2D eigenvalue weighted by Gasteiger charge is 2.24. The molecule has 1 fully saturated rings. The maximum Gasteiger partial charge on any atom is 0.323 e. The predicted molar refractivity (Wildman–Crippen MR) is 81.7 cm³/mol. The van der Waals surface area contributed by atoms with Crippen LogP contribution in [0.25, 0.3) is 0 Å². The number of hydrogen-bond acceptors (Lipinski definition) is 7. The first kappa shape index (κ1) is 15.8. The highest BCUT2D eigenvalue weighted by Crippen LogP contribution is 2.22. The summed E-state index contributed by atoms with van der Waals surface area (Å²) in [5, 5.41) is 16.3. The van der Waals surface area contributed by atoms with Gasteiger partial charge in [0.05, 0.1) is 18.8 Å². The van der Waals surface area contributed by atoms with Crippen LogP contribution in [0.3, 0.4) is 0 Å². The van der Waals surface area contributed by atoms with Gasteiger partial charge < -0.3 is 20.5 Å². The highest BCUT2D eigenvalue weighted by atomic mass is 16.5. The van der Waals surface area contributed by atoms with Crippen LogP contribution in [0, 0.1) is 0 Å². The van der Waals surface area contributed by atoms with Gasteiger partial charge in [0.1, 0.15) is 0 Å². The summed E-state index contributed by atoms with van der Waals surface area (Å²) in [6.07, 6.45) is 4.48. The number of hydrogen-bond donors (Lipinski definition) is 3. The van der Waals surface area contributed by atoms with Gasteiger partial charge in [0.2, 0.25) is 11.9 Å². The number of ether oxygens (including phenoxy) is 1. The molecule has 7 nitrogen and oxygen atoms in total. The minimum Gasteiger partial charge on any atom is -0.463 e. The molecule has 0 spiro atoms. The summed E-state index contributed by atoms with van der Waals surface area (Å²) in [4.78, 5) is 12.8. The Morgan fingerprint density at radius 1 is 1.14 bits per heavy atom. The normalized spacial score (nSPS) is 21.9. The standard InChI is InChI=1S/C14H25N5O2/c1-3-9-21-14-18-12(15-4-2)17-13(19-14)16-10-7-5-6-8-11(10)20/h10-11,20H,3-9H2,1-2H3,(H2,15,16,17,18,19). The molecule has 0 aliphatic heterocycles. The van der Waals surface area contributed by atoms with Crippen molar-refractivity contribution in [3.8, 4) is 6.01 Å². The van der Waals surface area contributed by atoms with Crippen LogP contribution in [0.5, 0.6) is 6.01 Å². The van der Waals surface area contributed by atoms with E-state index in [1.807, 2.05) is 13.8 Å². The second-order valence-electron chi connectivity index (χ2n) is 5.25. The minimum absolute atomic E-state index is 0.00495. The fourth-order valence-corrected chi connectivity index (χ4v) is 2.36. The van der Waals surface area contributed by atoms with E-state index >= 15 is 0 Å². The van der Waals surface area contributed by atoms with Crippen molar-refractivity contribution in [3.05, 3.63) is 0 Å². The van der Waals surface area contributed by atoms with Crippen LogP contribution in [0.1, 0.15) is 46.0 Å². The lowest BCUT2D eigenvalue weighted by Crippen LogP contribution is -2.37. The van der Waals surface area contributed by atoms with Crippen molar-refractivity contribution in [1.29, 1.82) is 0 Å². The van der Waals surface area contributed by atoms with Gasteiger partial charge >= 0.3 is 6.01 Å². The first-order chi connectivity index (χ1) is 10.2. The second kappa shape index (κ2) is 7.97. The van der Waals surface area contributed by atoms with Crippen LogP contribution < -0.4 is 15.4 Å². The molecule has 1 saturated carbocycles. The molecule has 0 bridgehead atoms. The molecule has 1 aromatic heterocycles.